The van der Waals surface area contributed by atoms with E-state index in [0.717, 1.165) is 19.3 Å². The van der Waals surface area contributed by atoms with Crippen LogP contribution in [0, 0.1) is 0 Å². The quantitative estimate of drug-likeness (QED) is 0.512. The third-order valence-electron chi connectivity index (χ3n) is 2.68. The number of sulfonamides is 1. The molecule has 0 aliphatic heterocycles. The number of pyridine rings is 1. The summed E-state index contributed by atoms with van der Waals surface area (Å²) in [5.41, 5.74) is 2.70. The topological polar surface area (TPSA) is 97.1 Å². The number of nitrogens with two attached hydrogens (primary N) is 1. The van der Waals surface area contributed by atoms with Crippen LogP contribution in [0.5, 0.6) is 0 Å². The van der Waals surface area contributed by atoms with Gasteiger partial charge in [0.2, 0.25) is 10.0 Å². The van der Waals surface area contributed by atoms with E-state index >= 15 is 0 Å². The molecule has 1 rings (SSSR count). The largest absolute Gasteiger partial charge is 0.323 e. The Morgan fingerprint density at radius 1 is 1.44 bits per heavy atom. The molecule has 7 heteroatoms. The van der Waals surface area contributed by atoms with Gasteiger partial charge in [0, 0.05) is 18.4 Å². The highest BCUT2D eigenvalue weighted by molar-refractivity contribution is 7.89. The summed E-state index contributed by atoms with van der Waals surface area (Å²) in [6.07, 6.45) is 5.25. The third-order valence-corrected chi connectivity index (χ3v) is 4.23. The van der Waals surface area contributed by atoms with Crippen LogP contribution in [0.25, 0.3) is 0 Å². The van der Waals surface area contributed by atoms with Gasteiger partial charge in [-0.1, -0.05) is 20.3 Å². The van der Waals surface area contributed by atoms with E-state index in [1.165, 1.54) is 18.5 Å². The molecule has 1 aromatic rings. The van der Waals surface area contributed by atoms with Crippen molar-refractivity contribution < 1.29 is 8.42 Å². The van der Waals surface area contributed by atoms with E-state index in [2.05, 4.69) is 15.1 Å². The van der Waals surface area contributed by atoms with E-state index in [-0.39, 0.29) is 10.9 Å². The lowest BCUT2D eigenvalue weighted by Gasteiger charge is -2.17. The number of hydrogen-bond acceptors (Lipinski definition) is 5. The fourth-order valence-electron chi connectivity index (χ4n) is 1.69. The molecule has 0 bridgehead atoms. The maximum absolute atomic E-state index is 12.2. The summed E-state index contributed by atoms with van der Waals surface area (Å²) in [5, 5.41) is 0. The normalized spacial score (nSPS) is 13.3. The second-order valence-electron chi connectivity index (χ2n) is 4.03. The van der Waals surface area contributed by atoms with Gasteiger partial charge in [-0.25, -0.2) is 13.1 Å². The van der Waals surface area contributed by atoms with Crippen LogP contribution < -0.4 is 16.0 Å². The summed E-state index contributed by atoms with van der Waals surface area (Å²) in [7, 11) is -3.59. The molecule has 0 saturated heterocycles. The van der Waals surface area contributed by atoms with Crippen molar-refractivity contribution in [2.45, 2.75) is 44.0 Å². The molecule has 0 aliphatic rings. The number of nitrogen functional groups attached to an aromatic ring is 1. The van der Waals surface area contributed by atoms with Crippen LogP contribution in [0.3, 0.4) is 0 Å². The van der Waals surface area contributed by atoms with Gasteiger partial charge in [-0.15, -0.1) is 0 Å². The molecule has 1 aromatic heterocycles. The van der Waals surface area contributed by atoms with Crippen LogP contribution in [-0.2, 0) is 10.0 Å². The first kappa shape index (κ1) is 14.9. The van der Waals surface area contributed by atoms with E-state index in [4.69, 9.17) is 5.84 Å². The molecule has 6 nitrogen and oxygen atoms in total. The monoisotopic (exact) mass is 272 g/mol. The Morgan fingerprint density at radius 2 is 2.17 bits per heavy atom. The van der Waals surface area contributed by atoms with Crippen molar-refractivity contribution in [3.8, 4) is 0 Å². The molecule has 102 valence electrons. The molecule has 1 unspecified atom stereocenters. The lowest BCUT2D eigenvalue weighted by atomic mass is 10.1. The number of anilines is 1. The number of hydrogen-bond donors (Lipinski definition) is 3. The number of nitrogens with one attached hydrogen (secondary N) is 2. The minimum Gasteiger partial charge on any atom is -0.323 e. The van der Waals surface area contributed by atoms with Crippen LogP contribution >= 0.6 is 0 Å². The first-order chi connectivity index (χ1) is 8.55. The summed E-state index contributed by atoms with van der Waals surface area (Å²) >= 11 is 0. The summed E-state index contributed by atoms with van der Waals surface area (Å²) in [6, 6.07) is 1.46. The van der Waals surface area contributed by atoms with Crippen molar-refractivity contribution in [2.24, 2.45) is 5.84 Å². The van der Waals surface area contributed by atoms with Crippen molar-refractivity contribution in [1.82, 2.24) is 9.71 Å². The average Bonchev–Trinajstić information content (AvgIpc) is 2.38. The van der Waals surface area contributed by atoms with Crippen molar-refractivity contribution >= 4 is 15.7 Å². The van der Waals surface area contributed by atoms with E-state index in [1.807, 2.05) is 13.8 Å². The lowest BCUT2D eigenvalue weighted by molar-refractivity contribution is 0.512. The Hall–Kier alpha value is -1.18. The molecule has 0 aliphatic carbocycles. The Morgan fingerprint density at radius 3 is 2.72 bits per heavy atom. The molecule has 0 aromatic carbocycles. The summed E-state index contributed by atoms with van der Waals surface area (Å²) in [5.74, 6) is 5.30. The van der Waals surface area contributed by atoms with Crippen LogP contribution in [0.1, 0.15) is 33.1 Å². The standard InChI is InChI=1S/C11H20N4O2S/c1-3-5-9(4-2)15-18(16,17)11-8-13-7-6-10(11)14-12/h6-9,15H,3-5,12H2,1-2H3,(H,13,14). The highest BCUT2D eigenvalue weighted by Crippen LogP contribution is 2.19. The Balaban J connectivity index is 2.98. The van der Waals surface area contributed by atoms with E-state index in [1.54, 1.807) is 0 Å². The number of nitrogens with zero attached hydrogens (tertiary/aromatic N) is 1. The zero-order valence-electron chi connectivity index (χ0n) is 10.7. The lowest BCUT2D eigenvalue weighted by Crippen LogP contribution is -2.34. The van der Waals surface area contributed by atoms with Gasteiger partial charge in [0.1, 0.15) is 4.90 Å². The van der Waals surface area contributed by atoms with Gasteiger partial charge in [0.05, 0.1) is 5.69 Å². The molecule has 0 fully saturated rings. The van der Waals surface area contributed by atoms with Crippen molar-refractivity contribution in [3.05, 3.63) is 18.5 Å². The molecule has 0 saturated carbocycles. The minimum atomic E-state index is -3.59. The Bertz CT molecular complexity index is 476. The molecule has 1 heterocycles. The van der Waals surface area contributed by atoms with Crippen LogP contribution in [0.4, 0.5) is 5.69 Å². The van der Waals surface area contributed by atoms with Gasteiger partial charge < -0.3 is 5.43 Å². The molecular formula is C11H20N4O2S. The van der Waals surface area contributed by atoms with Gasteiger partial charge in [-0.2, -0.15) is 0 Å². The van der Waals surface area contributed by atoms with Gasteiger partial charge in [0.25, 0.3) is 0 Å². The second kappa shape index (κ2) is 6.67. The van der Waals surface area contributed by atoms with Crippen LogP contribution in [0.2, 0.25) is 0 Å². The summed E-state index contributed by atoms with van der Waals surface area (Å²) in [4.78, 5) is 3.90. The average molecular weight is 272 g/mol. The third kappa shape index (κ3) is 3.66. The first-order valence-electron chi connectivity index (χ1n) is 5.98. The predicted octanol–water partition coefficient (Wildman–Crippen LogP) is 1.22. The van der Waals surface area contributed by atoms with Crippen molar-refractivity contribution in [3.63, 3.8) is 0 Å². The molecule has 1 atom stereocenters. The van der Waals surface area contributed by atoms with E-state index in [9.17, 15) is 8.42 Å². The SMILES string of the molecule is CCCC(CC)NS(=O)(=O)c1cnccc1NN. The number of hydrazine groups is 1. The smallest absolute Gasteiger partial charge is 0.244 e. The minimum absolute atomic E-state index is 0.0640. The number of rotatable bonds is 7. The van der Waals surface area contributed by atoms with Crippen LogP contribution in [-0.4, -0.2) is 19.4 Å². The molecule has 0 spiro atoms. The number of aromatic nitrogens is 1. The van der Waals surface area contributed by atoms with E-state index < -0.39 is 10.0 Å². The zero-order chi connectivity index (χ0) is 13.6. The zero-order valence-corrected chi connectivity index (χ0v) is 11.5. The van der Waals surface area contributed by atoms with Gasteiger partial charge in [0.15, 0.2) is 0 Å². The fraction of sp³-hybridized carbons (Fsp3) is 0.545. The second-order valence-corrected chi connectivity index (χ2v) is 5.71. The maximum Gasteiger partial charge on any atom is 0.244 e. The molecule has 0 radical (unpaired) electrons. The Kier molecular flexibility index (Phi) is 5.52. The van der Waals surface area contributed by atoms with Gasteiger partial charge in [-0.3, -0.25) is 10.8 Å². The summed E-state index contributed by atoms with van der Waals surface area (Å²) < 4.78 is 27.1. The molecule has 0 amide bonds. The summed E-state index contributed by atoms with van der Waals surface area (Å²) in [6.45, 7) is 3.97. The highest BCUT2D eigenvalue weighted by atomic mass is 32.2. The molecule has 18 heavy (non-hydrogen) atoms. The van der Waals surface area contributed by atoms with Gasteiger partial charge >= 0.3 is 0 Å². The Labute approximate surface area is 108 Å². The fourth-order valence-corrected chi connectivity index (χ4v) is 3.16. The van der Waals surface area contributed by atoms with E-state index in [0.29, 0.717) is 5.69 Å². The molecule has 4 N–H and O–H groups in total. The van der Waals surface area contributed by atoms with Crippen molar-refractivity contribution in [2.75, 3.05) is 5.43 Å². The predicted molar refractivity (Wildman–Crippen MR) is 71.4 cm³/mol. The van der Waals surface area contributed by atoms with Crippen molar-refractivity contribution in [1.29, 1.82) is 0 Å². The first-order valence-corrected chi connectivity index (χ1v) is 7.46. The highest BCUT2D eigenvalue weighted by Gasteiger charge is 2.21. The van der Waals surface area contributed by atoms with Crippen LogP contribution in [0.15, 0.2) is 23.4 Å². The maximum atomic E-state index is 12.2. The molecular weight excluding hydrogens is 252 g/mol. The van der Waals surface area contributed by atoms with Gasteiger partial charge in [-0.05, 0) is 18.9 Å².